The molecule has 2 rings (SSSR count). The molecule has 0 aliphatic heterocycles. The zero-order chi connectivity index (χ0) is 11.6. The zero-order valence-corrected chi connectivity index (χ0v) is 10.7. The van der Waals surface area contributed by atoms with Gasteiger partial charge in [0.25, 0.3) is 5.91 Å². The number of benzene rings is 1. The molecule has 0 radical (unpaired) electrons. The first-order chi connectivity index (χ1) is 7.69. The molecule has 16 heavy (non-hydrogen) atoms. The van der Waals surface area contributed by atoms with Gasteiger partial charge in [-0.2, -0.15) is 0 Å². The van der Waals surface area contributed by atoms with E-state index >= 15 is 0 Å². The van der Waals surface area contributed by atoms with Crippen LogP contribution in [0.4, 0.5) is 0 Å². The zero-order valence-electron chi connectivity index (χ0n) is 9.13. The fourth-order valence-corrected chi connectivity index (χ4v) is 2.19. The quantitative estimate of drug-likeness (QED) is 0.863. The normalized spacial score (nSPS) is 16.9. The molecule has 1 aliphatic rings. The number of rotatable bonds is 4. The van der Waals surface area contributed by atoms with Gasteiger partial charge in [-0.1, -0.05) is 28.1 Å². The molecule has 0 aromatic heterocycles. The summed E-state index contributed by atoms with van der Waals surface area (Å²) in [5, 5.41) is 0. The summed E-state index contributed by atoms with van der Waals surface area (Å²) in [6.07, 6.45) is 1.78. The number of hydroxylamine groups is 1. The van der Waals surface area contributed by atoms with Crippen molar-refractivity contribution in [2.24, 2.45) is 0 Å². The number of hydrogen-bond donors (Lipinski definition) is 1. The molecule has 1 aromatic carbocycles. The second kappa shape index (κ2) is 4.55. The minimum absolute atomic E-state index is 0.0348. The number of amides is 1. The van der Waals surface area contributed by atoms with Gasteiger partial charge in [-0.25, -0.2) is 5.48 Å². The van der Waals surface area contributed by atoms with E-state index < -0.39 is 0 Å². The summed E-state index contributed by atoms with van der Waals surface area (Å²) in [4.78, 5) is 16.9. The van der Waals surface area contributed by atoms with Gasteiger partial charge in [0, 0.05) is 4.47 Å². The van der Waals surface area contributed by atoms with Crippen molar-refractivity contribution in [1.29, 1.82) is 0 Å². The Morgan fingerprint density at radius 2 is 2.31 bits per heavy atom. The molecule has 4 heteroatoms. The van der Waals surface area contributed by atoms with Crippen LogP contribution in [0.15, 0.2) is 28.7 Å². The summed E-state index contributed by atoms with van der Waals surface area (Å²) in [7, 11) is 0. The topological polar surface area (TPSA) is 38.3 Å². The third-order valence-electron chi connectivity index (χ3n) is 2.87. The lowest BCUT2D eigenvalue weighted by atomic mass is 9.95. The second-order valence-corrected chi connectivity index (χ2v) is 4.87. The van der Waals surface area contributed by atoms with Crippen molar-refractivity contribution in [3.05, 3.63) is 34.3 Å². The molecule has 1 fully saturated rings. The number of carbonyl (C=O) groups is 1. The van der Waals surface area contributed by atoms with Crippen molar-refractivity contribution >= 4 is 21.8 Å². The van der Waals surface area contributed by atoms with E-state index in [2.05, 4.69) is 21.4 Å². The SMILES string of the molecule is CCONC(=O)C1(c2cccc(Br)c2)CC1. The lowest BCUT2D eigenvalue weighted by Gasteiger charge is -2.15. The molecule has 0 spiro atoms. The first kappa shape index (κ1) is 11.6. The largest absolute Gasteiger partial charge is 0.274 e. The summed E-state index contributed by atoms with van der Waals surface area (Å²) in [6, 6.07) is 7.90. The predicted molar refractivity (Wildman–Crippen MR) is 64.8 cm³/mol. The van der Waals surface area contributed by atoms with Crippen LogP contribution in [-0.2, 0) is 15.0 Å². The maximum Gasteiger partial charge on any atom is 0.254 e. The highest BCUT2D eigenvalue weighted by Gasteiger charge is 2.51. The molecule has 0 bridgehead atoms. The van der Waals surface area contributed by atoms with E-state index in [0.29, 0.717) is 6.61 Å². The van der Waals surface area contributed by atoms with Crippen LogP contribution in [0.3, 0.4) is 0 Å². The van der Waals surface area contributed by atoms with Crippen molar-refractivity contribution in [1.82, 2.24) is 5.48 Å². The van der Waals surface area contributed by atoms with Gasteiger partial charge in [-0.05, 0) is 37.5 Å². The molecule has 1 amide bonds. The highest BCUT2D eigenvalue weighted by atomic mass is 79.9. The number of nitrogens with one attached hydrogen (secondary N) is 1. The number of carbonyl (C=O) groups excluding carboxylic acids is 1. The Bertz CT molecular complexity index is 402. The molecule has 1 aliphatic carbocycles. The summed E-state index contributed by atoms with van der Waals surface area (Å²) in [5.74, 6) is -0.0348. The van der Waals surface area contributed by atoms with Gasteiger partial charge >= 0.3 is 0 Å². The molecular formula is C12H14BrNO2. The van der Waals surface area contributed by atoms with Gasteiger partial charge in [-0.15, -0.1) is 0 Å². The molecule has 1 aromatic rings. The van der Waals surface area contributed by atoms with Gasteiger partial charge in [-0.3, -0.25) is 9.63 Å². The second-order valence-electron chi connectivity index (χ2n) is 3.96. The molecule has 86 valence electrons. The molecule has 0 atom stereocenters. The van der Waals surface area contributed by atoms with E-state index in [1.165, 1.54) is 0 Å². The van der Waals surface area contributed by atoms with E-state index in [0.717, 1.165) is 22.9 Å². The van der Waals surface area contributed by atoms with Crippen LogP contribution >= 0.6 is 15.9 Å². The Kier molecular flexibility index (Phi) is 3.30. The number of halogens is 1. The van der Waals surface area contributed by atoms with Crippen LogP contribution in [0, 0.1) is 0 Å². The number of hydrogen-bond acceptors (Lipinski definition) is 2. The average molecular weight is 284 g/mol. The maximum absolute atomic E-state index is 11.9. The first-order valence-corrected chi connectivity index (χ1v) is 6.16. The Morgan fingerprint density at radius 3 is 2.88 bits per heavy atom. The third kappa shape index (κ3) is 2.13. The predicted octanol–water partition coefficient (Wildman–Crippen LogP) is 2.55. The van der Waals surface area contributed by atoms with Crippen LogP contribution in [0.5, 0.6) is 0 Å². The van der Waals surface area contributed by atoms with Crippen molar-refractivity contribution in [2.45, 2.75) is 25.2 Å². The Balaban J connectivity index is 2.16. The Morgan fingerprint density at radius 1 is 1.56 bits per heavy atom. The van der Waals surface area contributed by atoms with Crippen LogP contribution in [-0.4, -0.2) is 12.5 Å². The molecule has 0 saturated heterocycles. The third-order valence-corrected chi connectivity index (χ3v) is 3.36. The smallest absolute Gasteiger partial charge is 0.254 e. The monoisotopic (exact) mass is 283 g/mol. The fourth-order valence-electron chi connectivity index (χ4n) is 1.79. The lowest BCUT2D eigenvalue weighted by Crippen LogP contribution is -2.34. The maximum atomic E-state index is 11.9. The molecule has 3 nitrogen and oxygen atoms in total. The summed E-state index contributed by atoms with van der Waals surface area (Å²) < 4.78 is 1.00. The van der Waals surface area contributed by atoms with Crippen molar-refractivity contribution in [3.8, 4) is 0 Å². The average Bonchev–Trinajstić information content (AvgIpc) is 3.07. The van der Waals surface area contributed by atoms with E-state index in [9.17, 15) is 4.79 Å². The van der Waals surface area contributed by atoms with Crippen molar-refractivity contribution in [2.75, 3.05) is 6.61 Å². The first-order valence-electron chi connectivity index (χ1n) is 5.37. The summed E-state index contributed by atoms with van der Waals surface area (Å²) in [6.45, 7) is 2.33. The minimum atomic E-state index is -0.362. The van der Waals surface area contributed by atoms with Crippen LogP contribution in [0.25, 0.3) is 0 Å². The van der Waals surface area contributed by atoms with E-state index in [1.807, 2.05) is 31.2 Å². The van der Waals surface area contributed by atoms with Gasteiger partial charge in [0.05, 0.1) is 12.0 Å². The van der Waals surface area contributed by atoms with Gasteiger partial charge in [0.2, 0.25) is 0 Å². The van der Waals surface area contributed by atoms with Crippen molar-refractivity contribution < 1.29 is 9.63 Å². The van der Waals surface area contributed by atoms with E-state index in [-0.39, 0.29) is 11.3 Å². The van der Waals surface area contributed by atoms with E-state index in [4.69, 9.17) is 4.84 Å². The summed E-state index contributed by atoms with van der Waals surface area (Å²) in [5.41, 5.74) is 3.19. The Hall–Kier alpha value is -0.870. The molecule has 1 N–H and O–H groups in total. The minimum Gasteiger partial charge on any atom is -0.274 e. The standard InChI is InChI=1S/C12H14BrNO2/c1-2-16-14-11(15)12(6-7-12)9-4-3-5-10(13)8-9/h3-5,8H,2,6-7H2,1H3,(H,14,15). The highest BCUT2D eigenvalue weighted by molar-refractivity contribution is 9.10. The molecule has 1 saturated carbocycles. The van der Waals surface area contributed by atoms with E-state index in [1.54, 1.807) is 0 Å². The fraction of sp³-hybridized carbons (Fsp3) is 0.417. The molecule has 0 heterocycles. The Labute approximate surface area is 103 Å². The molecule has 0 unspecified atom stereocenters. The summed E-state index contributed by atoms with van der Waals surface area (Å²) >= 11 is 3.42. The van der Waals surface area contributed by atoms with Gasteiger partial charge < -0.3 is 0 Å². The van der Waals surface area contributed by atoms with Crippen molar-refractivity contribution in [3.63, 3.8) is 0 Å². The van der Waals surface area contributed by atoms with Crippen LogP contribution in [0.1, 0.15) is 25.3 Å². The van der Waals surface area contributed by atoms with Crippen LogP contribution in [0.2, 0.25) is 0 Å². The van der Waals surface area contributed by atoms with Gasteiger partial charge in [0.1, 0.15) is 0 Å². The highest BCUT2D eigenvalue weighted by Crippen LogP contribution is 2.48. The van der Waals surface area contributed by atoms with Gasteiger partial charge in [0.15, 0.2) is 0 Å². The lowest BCUT2D eigenvalue weighted by molar-refractivity contribution is -0.135. The van der Waals surface area contributed by atoms with Crippen LogP contribution < -0.4 is 5.48 Å². The molecular weight excluding hydrogens is 270 g/mol.